The zero-order valence-electron chi connectivity index (χ0n) is 25.3. The predicted octanol–water partition coefficient (Wildman–Crippen LogP) is 7.13. The Hall–Kier alpha value is -5.53. The third kappa shape index (κ3) is 8.60. The lowest BCUT2D eigenvalue weighted by molar-refractivity contribution is -0.385. The Bertz CT molecular complexity index is 1960. The van der Waals surface area contributed by atoms with Crippen LogP contribution in [0, 0.1) is 10.1 Å². The average Bonchev–Trinajstić information content (AvgIpc) is 3.47. The summed E-state index contributed by atoms with van der Waals surface area (Å²) >= 11 is 2.70. The van der Waals surface area contributed by atoms with Gasteiger partial charge in [-0.05, 0) is 80.6 Å². The summed E-state index contributed by atoms with van der Waals surface area (Å²) in [6.45, 7) is 4.26. The number of nitrogens with zero attached hydrogens (tertiary/aromatic N) is 2. The molecule has 5 aromatic rings. The van der Waals surface area contributed by atoms with Gasteiger partial charge in [0.15, 0.2) is 5.13 Å². The summed E-state index contributed by atoms with van der Waals surface area (Å²) in [6.07, 6.45) is 1.27. The van der Waals surface area contributed by atoms with Crippen LogP contribution in [-0.2, 0) is 9.59 Å². The van der Waals surface area contributed by atoms with E-state index in [4.69, 9.17) is 4.74 Å². The van der Waals surface area contributed by atoms with Gasteiger partial charge in [0.05, 0.1) is 32.6 Å². The number of hydrogen-bond acceptors (Lipinski definition) is 9. The molecular formula is C34H29N5O6S2. The molecule has 47 heavy (non-hydrogen) atoms. The summed E-state index contributed by atoms with van der Waals surface area (Å²) in [5.41, 5.74) is 1.25. The fourth-order valence-electron chi connectivity index (χ4n) is 4.37. The Morgan fingerprint density at radius 2 is 1.70 bits per heavy atom. The van der Waals surface area contributed by atoms with Crippen LogP contribution in [0.2, 0.25) is 0 Å². The van der Waals surface area contributed by atoms with Gasteiger partial charge >= 0.3 is 0 Å². The van der Waals surface area contributed by atoms with E-state index in [2.05, 4.69) is 20.9 Å². The van der Waals surface area contributed by atoms with E-state index in [0.29, 0.717) is 23.0 Å². The van der Waals surface area contributed by atoms with Crippen LogP contribution in [0.4, 0.5) is 16.5 Å². The second kappa shape index (κ2) is 15.2. The van der Waals surface area contributed by atoms with Gasteiger partial charge in [0.1, 0.15) is 11.4 Å². The van der Waals surface area contributed by atoms with Crippen LogP contribution in [0.15, 0.2) is 108 Å². The van der Waals surface area contributed by atoms with E-state index < -0.39 is 22.0 Å². The number of aromatic nitrogens is 1. The first-order valence-electron chi connectivity index (χ1n) is 14.4. The number of carbonyl (C=O) groups excluding carboxylic acids is 3. The Morgan fingerprint density at radius 1 is 0.979 bits per heavy atom. The van der Waals surface area contributed by atoms with Gasteiger partial charge in [-0.2, -0.15) is 0 Å². The molecule has 0 saturated carbocycles. The molecule has 1 aromatic heterocycles. The molecule has 3 amide bonds. The monoisotopic (exact) mass is 667 g/mol. The molecule has 3 N–H and O–H groups in total. The number of anilines is 2. The first kappa shape index (κ1) is 32.9. The van der Waals surface area contributed by atoms with Crippen molar-refractivity contribution in [3.05, 3.63) is 124 Å². The van der Waals surface area contributed by atoms with Crippen LogP contribution < -0.4 is 20.7 Å². The molecule has 4 aromatic carbocycles. The Kier molecular flexibility index (Phi) is 10.6. The minimum Gasteiger partial charge on any atom is -0.494 e. The zero-order valence-corrected chi connectivity index (χ0v) is 26.9. The van der Waals surface area contributed by atoms with Crippen molar-refractivity contribution in [3.8, 4) is 5.75 Å². The zero-order chi connectivity index (χ0) is 33.3. The maximum atomic E-state index is 13.4. The summed E-state index contributed by atoms with van der Waals surface area (Å²) in [5.74, 6) is -0.694. The first-order chi connectivity index (χ1) is 22.7. The van der Waals surface area contributed by atoms with Crippen molar-refractivity contribution < 1.29 is 24.0 Å². The Balaban J connectivity index is 1.25. The fraction of sp³-hybridized carbons (Fsp3) is 0.118. The molecule has 1 atom stereocenters. The lowest BCUT2D eigenvalue weighted by Gasteiger charge is -2.13. The van der Waals surface area contributed by atoms with Crippen LogP contribution in [0.1, 0.15) is 29.8 Å². The van der Waals surface area contributed by atoms with Gasteiger partial charge in [0, 0.05) is 22.2 Å². The average molecular weight is 668 g/mol. The van der Waals surface area contributed by atoms with Crippen molar-refractivity contribution in [2.24, 2.45) is 0 Å². The first-order valence-corrected chi connectivity index (χ1v) is 16.1. The van der Waals surface area contributed by atoms with Crippen LogP contribution in [-0.4, -0.2) is 39.5 Å². The number of benzene rings is 4. The van der Waals surface area contributed by atoms with Crippen LogP contribution in [0.3, 0.4) is 0 Å². The van der Waals surface area contributed by atoms with Gasteiger partial charge in [-0.15, -0.1) is 11.8 Å². The minimum atomic E-state index is -0.676. The van der Waals surface area contributed by atoms with Crippen molar-refractivity contribution >= 4 is 73.6 Å². The van der Waals surface area contributed by atoms with E-state index in [0.717, 1.165) is 20.9 Å². The third-order valence-corrected chi connectivity index (χ3v) is 8.70. The minimum absolute atomic E-state index is 0.149. The van der Waals surface area contributed by atoms with E-state index in [-0.39, 0.29) is 22.9 Å². The summed E-state index contributed by atoms with van der Waals surface area (Å²) in [6, 6.07) is 26.6. The molecule has 238 valence electrons. The molecule has 0 saturated heterocycles. The number of rotatable bonds is 12. The second-order valence-electron chi connectivity index (χ2n) is 10.0. The Labute approximate surface area is 278 Å². The van der Waals surface area contributed by atoms with Crippen molar-refractivity contribution in [2.45, 2.75) is 24.0 Å². The lowest BCUT2D eigenvalue weighted by atomic mass is 10.1. The maximum absolute atomic E-state index is 13.4. The molecule has 0 aliphatic rings. The van der Waals surface area contributed by atoms with E-state index in [1.807, 2.05) is 25.1 Å². The molecule has 1 unspecified atom stereocenters. The molecule has 0 bridgehead atoms. The van der Waals surface area contributed by atoms with Crippen LogP contribution in [0.25, 0.3) is 16.3 Å². The van der Waals surface area contributed by atoms with Crippen LogP contribution in [0.5, 0.6) is 5.75 Å². The Morgan fingerprint density at radius 3 is 2.43 bits per heavy atom. The highest BCUT2D eigenvalue weighted by atomic mass is 32.2. The largest absolute Gasteiger partial charge is 0.494 e. The van der Waals surface area contributed by atoms with E-state index in [9.17, 15) is 24.5 Å². The molecule has 0 radical (unpaired) electrons. The highest BCUT2D eigenvalue weighted by Crippen LogP contribution is 2.31. The van der Waals surface area contributed by atoms with E-state index >= 15 is 0 Å². The number of fused-ring (bicyclic) bond motifs is 1. The maximum Gasteiger partial charge on any atom is 0.276 e. The number of thioether (sulfide) groups is 1. The summed E-state index contributed by atoms with van der Waals surface area (Å²) < 4.78 is 6.45. The van der Waals surface area contributed by atoms with Gasteiger partial charge < -0.3 is 20.7 Å². The van der Waals surface area contributed by atoms with E-state index in [1.165, 1.54) is 47.4 Å². The SMILES string of the molecule is CCOc1ccc2nc(NC(=O)C(C)Sc3ccc(NC(=O)/C(=C/c4ccccc4[N+](=O)[O-])NC(=O)c4ccccc4)cc3)sc2c1. The number of nitrogens with one attached hydrogen (secondary N) is 3. The summed E-state index contributed by atoms with van der Waals surface area (Å²) in [4.78, 5) is 55.5. The number of para-hydroxylation sites is 1. The quantitative estimate of drug-likeness (QED) is 0.0550. The topological polar surface area (TPSA) is 153 Å². The molecule has 1 heterocycles. The lowest BCUT2D eigenvalue weighted by Crippen LogP contribution is -2.30. The van der Waals surface area contributed by atoms with E-state index in [1.54, 1.807) is 67.6 Å². The highest BCUT2D eigenvalue weighted by molar-refractivity contribution is 8.00. The molecule has 13 heteroatoms. The number of amides is 3. The smallest absolute Gasteiger partial charge is 0.276 e. The van der Waals surface area contributed by atoms with Crippen molar-refractivity contribution in [3.63, 3.8) is 0 Å². The number of ether oxygens (including phenoxy) is 1. The molecule has 0 fully saturated rings. The number of nitro groups is 1. The second-order valence-corrected chi connectivity index (χ2v) is 12.4. The normalized spacial score (nSPS) is 11.8. The van der Waals surface area contributed by atoms with Gasteiger partial charge in [-0.25, -0.2) is 4.98 Å². The molecule has 0 spiro atoms. The number of thiazole rings is 1. The van der Waals surface area contributed by atoms with Crippen molar-refractivity contribution in [1.29, 1.82) is 0 Å². The fourth-order valence-corrected chi connectivity index (χ4v) is 6.13. The van der Waals surface area contributed by atoms with Crippen LogP contribution >= 0.6 is 23.1 Å². The standard InChI is InChI=1S/C34H29N5O6S2/c1-3-45-25-15-18-27-30(20-25)47-34(37-27)38-31(40)21(2)46-26-16-13-24(14-17-26)35-33(42)28(36-32(41)22-9-5-4-6-10-22)19-23-11-7-8-12-29(23)39(43)44/h4-21H,3H2,1-2H3,(H,35,42)(H,36,41)(H,37,38,40)/b28-19-. The van der Waals surface area contributed by atoms with Crippen molar-refractivity contribution in [1.82, 2.24) is 10.3 Å². The third-order valence-electron chi connectivity index (χ3n) is 6.66. The molecule has 0 aliphatic heterocycles. The number of nitro benzene ring substituents is 1. The number of hydrogen-bond donors (Lipinski definition) is 3. The van der Waals surface area contributed by atoms with Crippen molar-refractivity contribution in [2.75, 3.05) is 17.2 Å². The van der Waals surface area contributed by atoms with Gasteiger partial charge in [0.2, 0.25) is 5.91 Å². The summed E-state index contributed by atoms with van der Waals surface area (Å²) in [5, 5.41) is 19.8. The number of carbonyl (C=O) groups is 3. The molecular weight excluding hydrogens is 639 g/mol. The predicted molar refractivity (Wildman–Crippen MR) is 185 cm³/mol. The van der Waals surface area contributed by atoms with Gasteiger partial charge in [-0.3, -0.25) is 24.5 Å². The summed E-state index contributed by atoms with van der Waals surface area (Å²) in [7, 11) is 0. The molecule has 0 aliphatic carbocycles. The molecule has 11 nitrogen and oxygen atoms in total. The molecule has 5 rings (SSSR count). The van der Waals surface area contributed by atoms with Gasteiger partial charge in [-0.1, -0.05) is 41.7 Å². The highest BCUT2D eigenvalue weighted by Gasteiger charge is 2.20. The van der Waals surface area contributed by atoms with Gasteiger partial charge in [0.25, 0.3) is 17.5 Å².